The van der Waals surface area contributed by atoms with E-state index in [4.69, 9.17) is 19.0 Å². The third-order valence-electron chi connectivity index (χ3n) is 9.47. The second-order valence-corrected chi connectivity index (χ2v) is 12.5. The van der Waals surface area contributed by atoms with Crippen molar-refractivity contribution in [3.8, 4) is 0 Å². The molecule has 6 rings (SSSR count). The number of aliphatic hydroxyl groups is 1. The highest BCUT2D eigenvalue weighted by Gasteiger charge is 2.75. The van der Waals surface area contributed by atoms with Crippen LogP contribution in [0, 0.1) is 5.41 Å². The molecule has 13 nitrogen and oxygen atoms in total. The average molecular weight is 649 g/mol. The second kappa shape index (κ2) is 13.5. The molecule has 2 aromatic carbocycles. The number of ether oxygens (including phenoxy) is 3. The number of aliphatic hydroxyl groups excluding tert-OH is 1. The fraction of sp³-hybridized carbons (Fsp3) is 0.471. The number of likely N-dealkylation sites (N-methyl/N-ethyl adjacent to an activating group) is 2. The Labute approximate surface area is 272 Å². The van der Waals surface area contributed by atoms with Gasteiger partial charge in [-0.25, -0.2) is 0 Å². The summed E-state index contributed by atoms with van der Waals surface area (Å²) < 4.78 is 17.7. The molecule has 2 N–H and O–H groups in total. The summed E-state index contributed by atoms with van der Waals surface area (Å²) >= 11 is 0. The van der Waals surface area contributed by atoms with Gasteiger partial charge in [-0.3, -0.25) is 24.0 Å². The van der Waals surface area contributed by atoms with E-state index in [2.05, 4.69) is 5.32 Å². The normalized spacial score (nSPS) is 28.4. The third-order valence-corrected chi connectivity index (χ3v) is 9.47. The number of fused-ring (bicyclic) bond motifs is 4. The Morgan fingerprint density at radius 1 is 1.06 bits per heavy atom. The fourth-order valence-electron chi connectivity index (χ4n) is 7.14. The van der Waals surface area contributed by atoms with Gasteiger partial charge in [-0.1, -0.05) is 54.6 Å². The monoisotopic (exact) mass is 648 g/mol. The Morgan fingerprint density at radius 2 is 1.79 bits per heavy atom. The van der Waals surface area contributed by atoms with Crippen LogP contribution in [0.1, 0.15) is 23.1 Å². The lowest BCUT2D eigenvalue weighted by Crippen LogP contribution is -2.70. The number of esters is 1. The molecule has 0 spiro atoms. The van der Waals surface area contributed by atoms with E-state index in [-0.39, 0.29) is 45.2 Å². The van der Waals surface area contributed by atoms with Gasteiger partial charge in [-0.05, 0) is 22.8 Å². The standard InChI is InChI=1S/C34H40N4O9/c1-36(2)26(40)14-13-22-11-7-8-12-23(22)19-38-29-32(42)46-25-18-34(29,30(47-38)28-27(25)44-20-45-28)33(43)37(3)24(31(41)35-15-16-39)17-21-9-5-4-6-10-21/h4-14,24-25,27-30,39H,15-20H2,1-3H3,(H,35,41). The first-order chi connectivity index (χ1) is 22.6. The van der Waals surface area contributed by atoms with E-state index >= 15 is 0 Å². The number of nitrogens with one attached hydrogen (secondary N) is 1. The molecule has 2 aromatic rings. The van der Waals surface area contributed by atoms with Crippen LogP contribution in [-0.2, 0) is 51.2 Å². The van der Waals surface area contributed by atoms with Crippen LogP contribution in [0.25, 0.3) is 6.08 Å². The number of hydroxylamine groups is 2. The molecule has 4 fully saturated rings. The predicted octanol–water partition coefficient (Wildman–Crippen LogP) is 0.508. The number of rotatable bonds is 11. The molecule has 0 aromatic heterocycles. The Kier molecular flexibility index (Phi) is 9.44. The highest BCUT2D eigenvalue weighted by Crippen LogP contribution is 2.56. The van der Waals surface area contributed by atoms with Crippen molar-refractivity contribution in [3.05, 3.63) is 77.4 Å². The third kappa shape index (κ3) is 6.05. The van der Waals surface area contributed by atoms with E-state index in [9.17, 15) is 24.3 Å². The van der Waals surface area contributed by atoms with Crippen molar-refractivity contribution in [2.75, 3.05) is 41.1 Å². The van der Waals surface area contributed by atoms with Crippen LogP contribution < -0.4 is 5.32 Å². The van der Waals surface area contributed by atoms with Gasteiger partial charge in [0.2, 0.25) is 17.7 Å². The number of hydrogen-bond acceptors (Lipinski definition) is 10. The molecular formula is C34H40N4O9. The summed E-state index contributed by atoms with van der Waals surface area (Å²) in [6.45, 7) is -0.177. The van der Waals surface area contributed by atoms with Gasteiger partial charge in [-0.15, -0.1) is 0 Å². The summed E-state index contributed by atoms with van der Waals surface area (Å²) in [6.07, 6.45) is 0.530. The van der Waals surface area contributed by atoms with E-state index in [0.29, 0.717) is 0 Å². The molecule has 3 heterocycles. The van der Waals surface area contributed by atoms with Crippen LogP contribution in [-0.4, -0.2) is 121 Å². The van der Waals surface area contributed by atoms with Crippen molar-refractivity contribution in [2.24, 2.45) is 5.41 Å². The maximum absolute atomic E-state index is 15.0. The molecule has 7 atom stereocenters. The van der Waals surface area contributed by atoms with Crippen molar-refractivity contribution >= 4 is 29.8 Å². The zero-order valence-electron chi connectivity index (χ0n) is 26.6. The summed E-state index contributed by atoms with van der Waals surface area (Å²) in [5.41, 5.74) is 0.874. The molecular weight excluding hydrogens is 608 g/mol. The van der Waals surface area contributed by atoms with Gasteiger partial charge in [0.15, 0.2) is 6.04 Å². The summed E-state index contributed by atoms with van der Waals surface area (Å²) in [7, 11) is 4.88. The summed E-state index contributed by atoms with van der Waals surface area (Å²) in [5, 5.41) is 13.6. The van der Waals surface area contributed by atoms with Gasteiger partial charge in [0, 0.05) is 46.6 Å². The van der Waals surface area contributed by atoms with E-state index in [0.717, 1.165) is 16.7 Å². The largest absolute Gasteiger partial charge is 0.458 e. The summed E-state index contributed by atoms with van der Waals surface area (Å²) in [6, 6.07) is 14.6. The maximum atomic E-state index is 15.0. The lowest BCUT2D eigenvalue weighted by molar-refractivity contribution is -0.204. The fourth-order valence-corrected chi connectivity index (χ4v) is 7.14. The van der Waals surface area contributed by atoms with Gasteiger partial charge >= 0.3 is 5.97 Å². The minimum Gasteiger partial charge on any atom is -0.458 e. The molecule has 7 unspecified atom stereocenters. The minimum atomic E-state index is -1.46. The molecule has 250 valence electrons. The summed E-state index contributed by atoms with van der Waals surface area (Å²) in [5.74, 6) is -1.69. The topological polar surface area (TPSA) is 147 Å². The highest BCUT2D eigenvalue weighted by molar-refractivity contribution is 5.96. The molecule has 47 heavy (non-hydrogen) atoms. The number of amides is 3. The van der Waals surface area contributed by atoms with Crippen LogP contribution in [0.4, 0.5) is 0 Å². The molecule has 13 heteroatoms. The molecule has 3 aliphatic heterocycles. The van der Waals surface area contributed by atoms with Crippen molar-refractivity contribution in [1.29, 1.82) is 0 Å². The van der Waals surface area contributed by atoms with Crippen LogP contribution in [0.3, 0.4) is 0 Å². The first-order valence-corrected chi connectivity index (χ1v) is 15.7. The Bertz CT molecular complexity index is 1530. The summed E-state index contributed by atoms with van der Waals surface area (Å²) in [4.78, 5) is 64.1. The minimum absolute atomic E-state index is 0.0246. The maximum Gasteiger partial charge on any atom is 0.327 e. The quantitative estimate of drug-likeness (QED) is 0.261. The highest BCUT2D eigenvalue weighted by atomic mass is 16.8. The van der Waals surface area contributed by atoms with E-state index in [1.807, 2.05) is 54.6 Å². The Morgan fingerprint density at radius 3 is 2.53 bits per heavy atom. The smallest absolute Gasteiger partial charge is 0.327 e. The number of benzene rings is 2. The predicted molar refractivity (Wildman–Crippen MR) is 167 cm³/mol. The second-order valence-electron chi connectivity index (χ2n) is 12.5. The van der Waals surface area contributed by atoms with Crippen LogP contribution in [0.5, 0.6) is 0 Å². The first-order valence-electron chi connectivity index (χ1n) is 15.7. The van der Waals surface area contributed by atoms with E-state index in [1.165, 1.54) is 20.9 Å². The average Bonchev–Trinajstić information content (AvgIpc) is 3.70. The van der Waals surface area contributed by atoms with E-state index in [1.54, 1.807) is 27.2 Å². The van der Waals surface area contributed by atoms with Crippen LogP contribution >= 0.6 is 0 Å². The Hall–Kier alpha value is -4.14. The number of hydrogen-bond donors (Lipinski definition) is 2. The molecule has 1 aliphatic carbocycles. The lowest BCUT2D eigenvalue weighted by atomic mass is 9.62. The van der Waals surface area contributed by atoms with Crippen molar-refractivity contribution in [2.45, 2.75) is 55.9 Å². The van der Waals surface area contributed by atoms with Gasteiger partial charge in [0.1, 0.15) is 42.7 Å². The molecule has 4 aliphatic rings. The Balaban J connectivity index is 1.37. The number of nitrogens with zero attached hydrogens (tertiary/aromatic N) is 3. The van der Waals surface area contributed by atoms with E-state index < -0.39 is 59.7 Å². The zero-order valence-corrected chi connectivity index (χ0v) is 26.6. The molecule has 1 saturated carbocycles. The van der Waals surface area contributed by atoms with Gasteiger partial charge in [0.05, 0.1) is 13.2 Å². The zero-order chi connectivity index (χ0) is 33.3. The molecule has 3 saturated heterocycles. The molecule has 0 radical (unpaired) electrons. The van der Waals surface area contributed by atoms with Gasteiger partial charge < -0.3 is 34.4 Å². The van der Waals surface area contributed by atoms with Crippen LogP contribution in [0.15, 0.2) is 60.7 Å². The van der Waals surface area contributed by atoms with Crippen molar-refractivity contribution < 1.29 is 43.3 Å². The number of carbonyl (C=O) groups is 4. The van der Waals surface area contributed by atoms with Crippen molar-refractivity contribution in [3.63, 3.8) is 0 Å². The SMILES string of the molecule is CN(C)C(=O)C=Cc1ccccc1CN1OC2C3OCOC3C3CC2(C(=O)N(C)C(Cc2ccccc2)C(=O)NCCO)C1C(=O)O3. The van der Waals surface area contributed by atoms with Crippen molar-refractivity contribution in [1.82, 2.24) is 20.2 Å². The van der Waals surface area contributed by atoms with Crippen LogP contribution in [0.2, 0.25) is 0 Å². The molecule has 3 amide bonds. The lowest BCUT2D eigenvalue weighted by Gasteiger charge is -2.50. The molecule has 2 bridgehead atoms. The first kappa shape index (κ1) is 32.8. The number of carbonyl (C=O) groups excluding carboxylic acids is 4. The van der Waals surface area contributed by atoms with Gasteiger partial charge in [0.25, 0.3) is 0 Å². The van der Waals surface area contributed by atoms with Gasteiger partial charge in [-0.2, -0.15) is 5.06 Å².